The summed E-state index contributed by atoms with van der Waals surface area (Å²) in [5.41, 5.74) is 7.14. The number of rotatable bonds is 12. The van der Waals surface area contributed by atoms with Gasteiger partial charge >= 0.3 is 10.0 Å². The number of nitrogens with zero attached hydrogens (tertiary/aromatic N) is 3. The Morgan fingerprint density at radius 2 is 1.00 bits per heavy atom. The van der Waals surface area contributed by atoms with Gasteiger partial charge in [-0.15, -0.1) is 3.98 Å². The van der Waals surface area contributed by atoms with Gasteiger partial charge in [0.15, 0.2) is 7.05 Å². The molecule has 2 N–H and O–H groups in total. The highest BCUT2D eigenvalue weighted by Crippen LogP contribution is 2.49. The molecule has 0 saturated heterocycles. The lowest BCUT2D eigenvalue weighted by atomic mass is 9.83. The Labute approximate surface area is 331 Å². The van der Waals surface area contributed by atoms with Gasteiger partial charge in [0.1, 0.15) is 4.90 Å². The van der Waals surface area contributed by atoms with Gasteiger partial charge in [0.05, 0.1) is 11.5 Å². The molecule has 0 radical (unpaired) electrons. The summed E-state index contributed by atoms with van der Waals surface area (Å²) in [5.74, 6) is -0.742. The van der Waals surface area contributed by atoms with Crippen LogP contribution in [0.1, 0.15) is 64.5 Å². The van der Waals surface area contributed by atoms with Gasteiger partial charge in [-0.05, 0) is 73.2 Å². The maximum absolute atomic E-state index is 14.2. The van der Waals surface area contributed by atoms with E-state index in [0.717, 1.165) is 45.0 Å². The molecule has 11 nitrogen and oxygen atoms in total. The molecule has 0 unspecified atom stereocenters. The molecule has 6 rings (SSSR count). The summed E-state index contributed by atoms with van der Waals surface area (Å²) in [4.78, 5) is 4.31. The van der Waals surface area contributed by atoms with Crippen molar-refractivity contribution >= 4 is 47.3 Å². The third kappa shape index (κ3) is 8.35. The van der Waals surface area contributed by atoms with Crippen LogP contribution in [-0.4, -0.2) is 75.7 Å². The average molecular weight is 821 g/mol. The second-order valence-electron chi connectivity index (χ2n) is 15.5. The molecule has 2 heterocycles. The fraction of sp³-hybridized carbons (Fsp3) is 0.357. The van der Waals surface area contributed by atoms with E-state index in [1.807, 2.05) is 60.7 Å². The summed E-state index contributed by atoms with van der Waals surface area (Å²) in [7, 11) is -10.7. The fourth-order valence-corrected chi connectivity index (χ4v) is 10.5. The van der Waals surface area contributed by atoms with Crippen LogP contribution in [0.15, 0.2) is 131 Å². The zero-order valence-corrected chi connectivity index (χ0v) is 34.8. The van der Waals surface area contributed by atoms with E-state index >= 15 is 0 Å². The maximum atomic E-state index is 14.2. The molecule has 0 atom stereocenters. The standard InChI is InChI=1S/C42H49N3O8S3/c1-41(2)34-17-9-11-19-36(34)44(27-13-29-54(46,47)48)38(41)25-23-31-21-22-32(40(31)43(5)56(52,53)33-15-7-6-8-16-33)24-26-39-42(3,4)35-18-10-12-20-37(35)45(39)28-14-30-55(49,50)51/h6-12,15-20,23-26H,13-14,21-22,27-30H2,1-5H3,(H-,46,47,48,49,50,51)/p+1. The second-order valence-corrected chi connectivity index (χ2v) is 20.6. The highest BCUT2D eigenvalue weighted by Gasteiger charge is 2.42. The number of para-hydroxylation sites is 2. The lowest BCUT2D eigenvalue weighted by molar-refractivity contribution is -0.325. The predicted octanol–water partition coefficient (Wildman–Crippen LogP) is 7.02. The van der Waals surface area contributed by atoms with E-state index < -0.39 is 41.1 Å². The Hall–Kier alpha value is -4.34. The van der Waals surface area contributed by atoms with Gasteiger partial charge in [-0.25, -0.2) is 0 Å². The van der Waals surface area contributed by atoms with Crippen molar-refractivity contribution in [2.45, 2.75) is 69.1 Å². The number of sulfonamides is 1. The summed E-state index contributed by atoms with van der Waals surface area (Å²) in [6, 6.07) is 24.2. The summed E-state index contributed by atoms with van der Waals surface area (Å²) in [6.07, 6.45) is 9.47. The van der Waals surface area contributed by atoms with Gasteiger partial charge in [0.25, 0.3) is 20.2 Å². The topological polar surface area (TPSA) is 152 Å². The number of allylic oxidation sites excluding steroid dienone is 8. The summed E-state index contributed by atoms with van der Waals surface area (Å²) in [6.45, 7) is 9.11. The minimum absolute atomic E-state index is 0.159. The normalized spacial score (nSPS) is 20.7. The van der Waals surface area contributed by atoms with Crippen LogP contribution >= 0.6 is 0 Å². The first-order chi connectivity index (χ1) is 26.2. The zero-order valence-electron chi connectivity index (χ0n) is 32.4. The molecule has 0 bridgehead atoms. The molecule has 56 heavy (non-hydrogen) atoms. The fourth-order valence-electron chi connectivity index (χ4n) is 8.25. The van der Waals surface area contributed by atoms with E-state index in [2.05, 4.69) is 49.6 Å². The maximum Gasteiger partial charge on any atom is 0.395 e. The van der Waals surface area contributed by atoms with E-state index in [1.54, 1.807) is 37.4 Å². The second kappa shape index (κ2) is 15.5. The van der Waals surface area contributed by atoms with Crippen molar-refractivity contribution < 1.29 is 38.3 Å². The molecule has 1 saturated carbocycles. The van der Waals surface area contributed by atoms with Gasteiger partial charge < -0.3 is 9.80 Å². The van der Waals surface area contributed by atoms with Crippen molar-refractivity contribution in [3.8, 4) is 0 Å². The van der Waals surface area contributed by atoms with Gasteiger partial charge in [-0.2, -0.15) is 25.3 Å². The Balaban J connectivity index is 1.47. The van der Waals surface area contributed by atoms with Crippen LogP contribution in [0.2, 0.25) is 0 Å². The van der Waals surface area contributed by atoms with Crippen molar-refractivity contribution in [1.82, 2.24) is 0 Å². The molecule has 3 aromatic rings. The van der Waals surface area contributed by atoms with Crippen molar-refractivity contribution in [1.29, 1.82) is 0 Å². The Morgan fingerprint density at radius 3 is 1.41 bits per heavy atom. The minimum Gasteiger partial charge on any atom is -0.344 e. The van der Waals surface area contributed by atoms with Gasteiger partial charge in [0, 0.05) is 57.8 Å². The summed E-state index contributed by atoms with van der Waals surface area (Å²) in [5, 5.41) is 0. The molecular formula is C42H50N3O8S3+. The smallest absolute Gasteiger partial charge is 0.344 e. The first-order valence-electron chi connectivity index (χ1n) is 18.6. The average Bonchev–Trinajstić information content (AvgIpc) is 3.70. The van der Waals surface area contributed by atoms with E-state index in [9.17, 15) is 34.4 Å². The summed E-state index contributed by atoms with van der Waals surface area (Å²) < 4.78 is 95.1. The molecule has 2 aliphatic heterocycles. The molecule has 0 amide bonds. The first-order valence-corrected chi connectivity index (χ1v) is 23.3. The van der Waals surface area contributed by atoms with Crippen LogP contribution in [0.5, 0.6) is 0 Å². The monoisotopic (exact) mass is 820 g/mol. The van der Waals surface area contributed by atoms with Gasteiger partial charge in [-0.1, -0.05) is 94.4 Å². The van der Waals surface area contributed by atoms with Crippen LogP contribution in [0.3, 0.4) is 0 Å². The third-order valence-corrected chi connectivity index (χ3v) is 14.4. The number of benzene rings is 3. The minimum atomic E-state index is -4.15. The first kappa shape index (κ1) is 41.3. The number of anilines is 2. The molecule has 3 aliphatic rings. The van der Waals surface area contributed by atoms with Crippen molar-refractivity contribution in [3.05, 3.63) is 137 Å². The molecule has 3 aromatic carbocycles. The number of fused-ring (bicyclic) bond motifs is 2. The quantitative estimate of drug-likeness (QED) is 0.144. The number of hydrogen-bond acceptors (Lipinski definition) is 8. The molecular weight excluding hydrogens is 771 g/mol. The molecule has 1 aliphatic carbocycles. The van der Waals surface area contributed by atoms with E-state index in [4.69, 9.17) is 0 Å². The predicted molar refractivity (Wildman–Crippen MR) is 222 cm³/mol. The van der Waals surface area contributed by atoms with Crippen LogP contribution in [-0.2, 0) is 41.1 Å². The van der Waals surface area contributed by atoms with Crippen molar-refractivity contribution in [3.63, 3.8) is 0 Å². The summed E-state index contributed by atoms with van der Waals surface area (Å²) >= 11 is 0. The lowest BCUT2D eigenvalue weighted by Gasteiger charge is -2.27. The van der Waals surface area contributed by atoms with Crippen LogP contribution in [0, 0.1) is 0 Å². The van der Waals surface area contributed by atoms with Gasteiger partial charge in [-0.3, -0.25) is 9.11 Å². The number of hydrogen-bond donors (Lipinski definition) is 2. The van der Waals surface area contributed by atoms with Crippen LogP contribution < -0.4 is 9.80 Å². The molecule has 0 aromatic heterocycles. The highest BCUT2D eigenvalue weighted by molar-refractivity contribution is 7.86. The zero-order chi connectivity index (χ0) is 40.7. The Kier molecular flexibility index (Phi) is 11.5. The third-order valence-electron chi connectivity index (χ3n) is 11.0. The van der Waals surface area contributed by atoms with Gasteiger partial charge in [0.2, 0.25) is 5.71 Å². The van der Waals surface area contributed by atoms with E-state index in [0.29, 0.717) is 31.6 Å². The van der Waals surface area contributed by atoms with E-state index in [-0.39, 0.29) is 29.2 Å². The van der Waals surface area contributed by atoms with Crippen LogP contribution in [0.25, 0.3) is 0 Å². The molecule has 298 valence electrons. The lowest BCUT2D eigenvalue weighted by Crippen LogP contribution is -2.28. The van der Waals surface area contributed by atoms with Crippen molar-refractivity contribution in [2.24, 2.45) is 0 Å². The van der Waals surface area contributed by atoms with Crippen molar-refractivity contribution in [2.75, 3.05) is 41.4 Å². The molecule has 14 heteroatoms. The van der Waals surface area contributed by atoms with Crippen LogP contribution in [0.4, 0.5) is 11.4 Å². The Bertz CT molecular complexity index is 2380. The largest absolute Gasteiger partial charge is 0.395 e. The SMILES string of the molecule is C[N+](=C1/C(=C/C=C2/N(CCCS(=O)(=O)O)c3ccccc3C2(C)C)CC/C1=C\C=C1\N(CCCS(=O)(=O)O)c2ccccc2C1(C)C)S(=O)(=O)c1ccccc1. The molecule has 1 fully saturated rings. The molecule has 0 spiro atoms. The van der Waals surface area contributed by atoms with E-state index in [1.165, 1.54) is 3.98 Å². The Morgan fingerprint density at radius 1 is 0.607 bits per heavy atom. The highest BCUT2D eigenvalue weighted by atomic mass is 32.2.